The van der Waals surface area contributed by atoms with E-state index in [4.69, 9.17) is 16.7 Å². The minimum Gasteiger partial charge on any atom is -0.477 e. The topological polar surface area (TPSA) is 70.2 Å². The summed E-state index contributed by atoms with van der Waals surface area (Å²) in [6.45, 7) is 0. The van der Waals surface area contributed by atoms with Crippen LogP contribution in [0.3, 0.4) is 0 Å². The van der Waals surface area contributed by atoms with Crippen LogP contribution in [-0.4, -0.2) is 16.1 Å². The molecule has 0 amide bonds. The number of fused-ring (bicyclic) bond motifs is 1. The third-order valence-electron chi connectivity index (χ3n) is 2.13. The van der Waals surface area contributed by atoms with Gasteiger partial charge in [0.2, 0.25) is 5.43 Å². The van der Waals surface area contributed by atoms with Crippen LogP contribution in [-0.2, 0) is 0 Å². The molecular formula is C10H5ClFNO3. The molecule has 82 valence electrons. The van der Waals surface area contributed by atoms with Gasteiger partial charge in [0.25, 0.3) is 0 Å². The van der Waals surface area contributed by atoms with E-state index >= 15 is 0 Å². The van der Waals surface area contributed by atoms with Gasteiger partial charge in [-0.3, -0.25) is 4.79 Å². The molecule has 0 bridgehead atoms. The number of pyridine rings is 1. The van der Waals surface area contributed by atoms with Crippen LogP contribution in [0, 0.1) is 5.82 Å². The first-order chi connectivity index (χ1) is 7.50. The Morgan fingerprint density at radius 3 is 2.75 bits per heavy atom. The Bertz CT molecular complexity index is 650. The van der Waals surface area contributed by atoms with Crippen molar-refractivity contribution < 1.29 is 14.3 Å². The van der Waals surface area contributed by atoms with Gasteiger partial charge in [0.1, 0.15) is 11.4 Å². The lowest BCUT2D eigenvalue weighted by atomic mass is 10.1. The maximum atomic E-state index is 13.0. The minimum atomic E-state index is -1.36. The predicted molar refractivity (Wildman–Crippen MR) is 56.5 cm³/mol. The summed E-state index contributed by atoms with van der Waals surface area (Å²) < 4.78 is 13.0. The number of H-pyrrole nitrogens is 1. The summed E-state index contributed by atoms with van der Waals surface area (Å²) in [5, 5.41) is 8.60. The van der Waals surface area contributed by atoms with E-state index < -0.39 is 22.8 Å². The van der Waals surface area contributed by atoms with Crippen LogP contribution in [0.2, 0.25) is 5.02 Å². The molecule has 2 rings (SSSR count). The molecule has 0 saturated heterocycles. The first kappa shape index (κ1) is 10.6. The standard InChI is InChI=1S/C10H5ClFNO3/c11-6-1-4(12)2-7-8(6)9(14)5(3-13-7)10(15)16/h1-3H,(H,13,14)(H,15,16). The molecule has 4 nitrogen and oxygen atoms in total. The third kappa shape index (κ3) is 1.55. The van der Waals surface area contributed by atoms with E-state index in [1.807, 2.05) is 0 Å². The number of halogens is 2. The van der Waals surface area contributed by atoms with Crippen molar-refractivity contribution in [1.29, 1.82) is 0 Å². The summed E-state index contributed by atoms with van der Waals surface area (Å²) in [6, 6.07) is 2.04. The van der Waals surface area contributed by atoms with E-state index in [0.717, 1.165) is 18.3 Å². The van der Waals surface area contributed by atoms with Gasteiger partial charge in [-0.25, -0.2) is 9.18 Å². The number of hydrogen-bond donors (Lipinski definition) is 2. The normalized spacial score (nSPS) is 10.6. The molecule has 0 saturated carbocycles. The highest BCUT2D eigenvalue weighted by Gasteiger charge is 2.14. The first-order valence-electron chi connectivity index (χ1n) is 4.24. The molecular weight excluding hydrogens is 237 g/mol. The molecule has 0 unspecified atom stereocenters. The molecule has 0 fully saturated rings. The molecule has 1 aromatic heterocycles. The first-order valence-corrected chi connectivity index (χ1v) is 4.62. The van der Waals surface area contributed by atoms with E-state index in [1.165, 1.54) is 0 Å². The highest BCUT2D eigenvalue weighted by atomic mass is 35.5. The zero-order valence-corrected chi connectivity index (χ0v) is 8.51. The maximum absolute atomic E-state index is 13.0. The lowest BCUT2D eigenvalue weighted by Gasteiger charge is -2.02. The van der Waals surface area contributed by atoms with Crippen molar-refractivity contribution in [2.24, 2.45) is 0 Å². The van der Waals surface area contributed by atoms with Crippen LogP contribution < -0.4 is 5.43 Å². The quantitative estimate of drug-likeness (QED) is 0.802. The van der Waals surface area contributed by atoms with Crippen molar-refractivity contribution in [3.63, 3.8) is 0 Å². The lowest BCUT2D eigenvalue weighted by Crippen LogP contribution is -2.15. The van der Waals surface area contributed by atoms with Crippen LogP contribution in [0.25, 0.3) is 10.9 Å². The SMILES string of the molecule is O=C(O)c1c[nH]c2cc(F)cc(Cl)c2c1=O. The Balaban J connectivity index is 2.95. The minimum absolute atomic E-state index is 0.0250. The molecule has 0 aliphatic rings. The average molecular weight is 242 g/mol. The second kappa shape index (κ2) is 3.61. The number of benzene rings is 1. The molecule has 0 aliphatic heterocycles. The average Bonchev–Trinajstić information content (AvgIpc) is 2.15. The predicted octanol–water partition coefficient (Wildman–Crippen LogP) is 2.02. The molecule has 16 heavy (non-hydrogen) atoms. The summed E-state index contributed by atoms with van der Waals surface area (Å²) in [7, 11) is 0. The molecule has 2 N–H and O–H groups in total. The van der Waals surface area contributed by atoms with Crippen LogP contribution in [0.1, 0.15) is 10.4 Å². The largest absolute Gasteiger partial charge is 0.477 e. The second-order valence-electron chi connectivity index (χ2n) is 3.15. The number of rotatable bonds is 1. The van der Waals surface area contributed by atoms with Crippen molar-refractivity contribution in [2.75, 3.05) is 0 Å². The van der Waals surface area contributed by atoms with Gasteiger partial charge < -0.3 is 10.1 Å². The summed E-state index contributed by atoms with van der Waals surface area (Å²) in [5.74, 6) is -1.96. The molecule has 0 aliphatic carbocycles. The van der Waals surface area contributed by atoms with Crippen LogP contribution in [0.4, 0.5) is 4.39 Å². The van der Waals surface area contributed by atoms with Crippen molar-refractivity contribution in [3.8, 4) is 0 Å². The number of carboxylic acids is 1. The van der Waals surface area contributed by atoms with Crippen molar-refractivity contribution in [3.05, 3.63) is 45.0 Å². The number of carbonyl (C=O) groups is 1. The maximum Gasteiger partial charge on any atom is 0.341 e. The Labute approximate surface area is 93.3 Å². The molecule has 1 heterocycles. The van der Waals surface area contributed by atoms with Gasteiger partial charge >= 0.3 is 5.97 Å². The van der Waals surface area contributed by atoms with Gasteiger partial charge in [-0.05, 0) is 12.1 Å². The fourth-order valence-electron chi connectivity index (χ4n) is 1.43. The number of aromatic nitrogens is 1. The Morgan fingerprint density at radius 2 is 2.12 bits per heavy atom. The van der Waals surface area contributed by atoms with Gasteiger partial charge in [-0.2, -0.15) is 0 Å². The molecule has 1 aromatic carbocycles. The Morgan fingerprint density at radius 1 is 1.44 bits per heavy atom. The van der Waals surface area contributed by atoms with E-state index in [0.29, 0.717) is 0 Å². The summed E-state index contributed by atoms with van der Waals surface area (Å²) in [4.78, 5) is 24.9. The van der Waals surface area contributed by atoms with E-state index in [2.05, 4.69) is 4.98 Å². The molecule has 6 heteroatoms. The van der Waals surface area contributed by atoms with Gasteiger partial charge in [0.15, 0.2) is 0 Å². The number of nitrogens with one attached hydrogen (secondary N) is 1. The lowest BCUT2D eigenvalue weighted by molar-refractivity contribution is 0.0695. The highest BCUT2D eigenvalue weighted by molar-refractivity contribution is 6.35. The number of hydrogen-bond acceptors (Lipinski definition) is 2. The van der Waals surface area contributed by atoms with Gasteiger partial charge in [0, 0.05) is 6.20 Å². The van der Waals surface area contributed by atoms with E-state index in [9.17, 15) is 14.0 Å². The number of aromatic carboxylic acids is 1. The van der Waals surface area contributed by atoms with Gasteiger partial charge in [-0.15, -0.1) is 0 Å². The number of aromatic amines is 1. The fraction of sp³-hybridized carbons (Fsp3) is 0. The molecule has 0 atom stereocenters. The van der Waals surface area contributed by atoms with Crippen LogP contribution >= 0.6 is 11.6 Å². The fourth-order valence-corrected chi connectivity index (χ4v) is 1.72. The zero-order chi connectivity index (χ0) is 11.9. The third-order valence-corrected chi connectivity index (χ3v) is 2.43. The van der Waals surface area contributed by atoms with Crippen LogP contribution in [0.15, 0.2) is 23.1 Å². The summed E-state index contributed by atoms with van der Waals surface area (Å²) >= 11 is 5.69. The highest BCUT2D eigenvalue weighted by Crippen LogP contribution is 2.20. The van der Waals surface area contributed by atoms with E-state index in [1.54, 1.807) is 0 Å². The van der Waals surface area contributed by atoms with Crippen molar-refractivity contribution in [2.45, 2.75) is 0 Å². The monoisotopic (exact) mass is 241 g/mol. The zero-order valence-electron chi connectivity index (χ0n) is 7.75. The van der Waals surface area contributed by atoms with Crippen molar-refractivity contribution >= 4 is 28.5 Å². The molecule has 0 radical (unpaired) electrons. The summed E-state index contributed by atoms with van der Waals surface area (Å²) in [6.07, 6.45) is 1.02. The van der Waals surface area contributed by atoms with Gasteiger partial charge in [-0.1, -0.05) is 11.6 Å². The Kier molecular flexibility index (Phi) is 2.40. The summed E-state index contributed by atoms with van der Waals surface area (Å²) in [5.41, 5.74) is -0.993. The Hall–Kier alpha value is -1.88. The molecule has 2 aromatic rings. The second-order valence-corrected chi connectivity index (χ2v) is 3.55. The van der Waals surface area contributed by atoms with Gasteiger partial charge in [0.05, 0.1) is 15.9 Å². The van der Waals surface area contributed by atoms with Crippen molar-refractivity contribution in [1.82, 2.24) is 4.98 Å². The number of carboxylic acid groups (broad SMARTS) is 1. The van der Waals surface area contributed by atoms with E-state index in [-0.39, 0.29) is 15.9 Å². The molecule has 0 spiro atoms. The van der Waals surface area contributed by atoms with Crippen LogP contribution in [0.5, 0.6) is 0 Å². The smallest absolute Gasteiger partial charge is 0.341 e.